The van der Waals surface area contributed by atoms with Crippen LogP contribution in [0.1, 0.15) is 18.1 Å². The molecule has 0 aromatic heterocycles. The molecule has 0 heterocycles. The molecule has 0 bridgehead atoms. The minimum absolute atomic E-state index is 0.101. The highest BCUT2D eigenvalue weighted by atomic mass is 19.4. The van der Waals surface area contributed by atoms with Gasteiger partial charge >= 0.3 is 6.18 Å². The molecule has 0 unspecified atom stereocenters. The quantitative estimate of drug-likeness (QED) is 0.526. The van der Waals surface area contributed by atoms with E-state index in [-0.39, 0.29) is 5.71 Å². The number of Topliss-reactive ketones (excluding diaryl/α,β-unsaturated/α-hetero) is 1. The predicted octanol–water partition coefficient (Wildman–Crippen LogP) is 4.14. The molecule has 0 amide bonds. The van der Waals surface area contributed by atoms with Crippen LogP contribution < -0.4 is 0 Å². The summed E-state index contributed by atoms with van der Waals surface area (Å²) in [6.45, 7) is 1.26. The van der Waals surface area contributed by atoms with Crippen LogP contribution in [-0.2, 0) is 11.0 Å². The fraction of sp³-hybridized carbons (Fsp3) is 0.125. The number of ketones is 1. The topological polar surface area (TPSA) is 49.7 Å². The van der Waals surface area contributed by atoms with Crippen molar-refractivity contribution in [3.05, 3.63) is 59.7 Å². The number of oxime groups is 1. The minimum Gasteiger partial charge on any atom is -0.410 e. The van der Waals surface area contributed by atoms with Gasteiger partial charge in [-0.25, -0.2) is 0 Å². The summed E-state index contributed by atoms with van der Waals surface area (Å²) in [6.07, 6.45) is -4.40. The van der Waals surface area contributed by atoms with E-state index in [9.17, 15) is 18.0 Å². The third-order valence-electron chi connectivity index (χ3n) is 3.12. The van der Waals surface area contributed by atoms with Crippen LogP contribution in [0.25, 0.3) is 11.1 Å². The average Bonchev–Trinajstić information content (AvgIpc) is 2.47. The lowest BCUT2D eigenvalue weighted by Gasteiger charge is -2.09. The van der Waals surface area contributed by atoms with Crippen LogP contribution in [0.3, 0.4) is 0 Å². The van der Waals surface area contributed by atoms with E-state index in [1.165, 1.54) is 25.1 Å². The lowest BCUT2D eigenvalue weighted by atomic mass is 9.99. The third-order valence-corrected chi connectivity index (χ3v) is 3.12. The maximum atomic E-state index is 12.7. The molecular formula is C16H12F3NO2. The van der Waals surface area contributed by atoms with Gasteiger partial charge in [0.2, 0.25) is 0 Å². The van der Waals surface area contributed by atoms with Crippen molar-refractivity contribution >= 4 is 11.5 Å². The van der Waals surface area contributed by atoms with Crippen molar-refractivity contribution in [1.82, 2.24) is 0 Å². The summed E-state index contributed by atoms with van der Waals surface area (Å²) in [5.41, 5.74) is 0.541. The Morgan fingerprint density at radius 2 is 1.68 bits per heavy atom. The van der Waals surface area contributed by atoms with Gasteiger partial charge in [0.05, 0.1) is 5.56 Å². The van der Waals surface area contributed by atoms with Crippen molar-refractivity contribution in [3.63, 3.8) is 0 Å². The summed E-state index contributed by atoms with van der Waals surface area (Å²) in [5.74, 6) is -0.408. The number of carbonyl (C=O) groups is 1. The molecule has 3 nitrogen and oxygen atoms in total. The molecular weight excluding hydrogens is 295 g/mol. The Hall–Kier alpha value is -2.63. The Bertz CT molecular complexity index is 719. The van der Waals surface area contributed by atoms with Gasteiger partial charge in [-0.3, -0.25) is 4.79 Å². The number of nitrogens with zero attached hydrogens (tertiary/aromatic N) is 1. The van der Waals surface area contributed by atoms with E-state index in [0.717, 1.165) is 12.1 Å². The molecule has 0 fully saturated rings. The number of hydrogen-bond donors (Lipinski definition) is 1. The highest BCUT2D eigenvalue weighted by Crippen LogP contribution is 2.32. The van der Waals surface area contributed by atoms with E-state index in [4.69, 9.17) is 5.21 Å². The second-order valence-corrected chi connectivity index (χ2v) is 4.66. The zero-order valence-electron chi connectivity index (χ0n) is 11.6. The fourth-order valence-corrected chi connectivity index (χ4v) is 2.03. The molecule has 0 saturated carbocycles. The first kappa shape index (κ1) is 15.8. The normalized spacial score (nSPS) is 12.3. The molecule has 2 rings (SSSR count). The second kappa shape index (κ2) is 6.01. The van der Waals surface area contributed by atoms with Gasteiger partial charge in [0.25, 0.3) is 0 Å². The SMILES string of the molecule is CC(=O)C(=NO)c1ccc(-c2cccc(C(F)(F)F)c2)cc1. The zero-order valence-corrected chi connectivity index (χ0v) is 11.6. The molecule has 0 saturated heterocycles. The molecule has 1 N–H and O–H groups in total. The summed E-state index contributed by atoms with van der Waals surface area (Å²) in [7, 11) is 0. The molecule has 114 valence electrons. The van der Waals surface area contributed by atoms with Crippen molar-refractivity contribution in [2.24, 2.45) is 5.16 Å². The highest BCUT2D eigenvalue weighted by Gasteiger charge is 2.30. The molecule has 0 atom stereocenters. The van der Waals surface area contributed by atoms with Gasteiger partial charge in [-0.1, -0.05) is 41.6 Å². The zero-order chi connectivity index (χ0) is 16.3. The Morgan fingerprint density at radius 1 is 1.05 bits per heavy atom. The second-order valence-electron chi connectivity index (χ2n) is 4.66. The standard InChI is InChI=1S/C16H12F3NO2/c1-10(21)15(20-22)12-7-5-11(6-8-12)13-3-2-4-14(9-13)16(17,18)19/h2-9,22H,1H3. The van der Waals surface area contributed by atoms with Gasteiger partial charge in [-0.15, -0.1) is 0 Å². The number of halogens is 3. The van der Waals surface area contributed by atoms with Crippen LogP contribution in [0.5, 0.6) is 0 Å². The van der Waals surface area contributed by atoms with E-state index in [2.05, 4.69) is 5.16 Å². The third kappa shape index (κ3) is 3.33. The van der Waals surface area contributed by atoms with Gasteiger partial charge < -0.3 is 5.21 Å². The van der Waals surface area contributed by atoms with Crippen LogP contribution >= 0.6 is 0 Å². The largest absolute Gasteiger partial charge is 0.416 e. The molecule has 0 aliphatic rings. The van der Waals surface area contributed by atoms with Gasteiger partial charge in [-0.2, -0.15) is 13.2 Å². The van der Waals surface area contributed by atoms with E-state index in [0.29, 0.717) is 16.7 Å². The monoisotopic (exact) mass is 307 g/mol. The first-order valence-corrected chi connectivity index (χ1v) is 6.34. The Morgan fingerprint density at radius 3 is 2.18 bits per heavy atom. The maximum absolute atomic E-state index is 12.7. The van der Waals surface area contributed by atoms with Gasteiger partial charge in [0.15, 0.2) is 11.5 Å². The summed E-state index contributed by atoms with van der Waals surface area (Å²) in [4.78, 5) is 11.3. The Kier molecular flexibility index (Phi) is 4.30. The van der Waals surface area contributed by atoms with Crippen molar-refractivity contribution in [2.75, 3.05) is 0 Å². The molecule has 0 aliphatic heterocycles. The van der Waals surface area contributed by atoms with Crippen molar-refractivity contribution in [3.8, 4) is 11.1 Å². The van der Waals surface area contributed by atoms with Crippen molar-refractivity contribution in [1.29, 1.82) is 0 Å². The van der Waals surface area contributed by atoms with Crippen LogP contribution in [0, 0.1) is 0 Å². The van der Waals surface area contributed by atoms with Crippen molar-refractivity contribution in [2.45, 2.75) is 13.1 Å². The highest BCUT2D eigenvalue weighted by molar-refractivity contribution is 6.45. The lowest BCUT2D eigenvalue weighted by molar-refractivity contribution is -0.137. The fourth-order valence-electron chi connectivity index (χ4n) is 2.03. The van der Waals surface area contributed by atoms with E-state index in [1.54, 1.807) is 18.2 Å². The summed E-state index contributed by atoms with van der Waals surface area (Å²) in [6, 6.07) is 11.1. The van der Waals surface area contributed by atoms with Crippen LogP contribution in [0.15, 0.2) is 53.7 Å². The number of benzene rings is 2. The van der Waals surface area contributed by atoms with Crippen LogP contribution in [0.4, 0.5) is 13.2 Å². The summed E-state index contributed by atoms with van der Waals surface area (Å²) in [5, 5.41) is 11.7. The van der Waals surface area contributed by atoms with Crippen LogP contribution in [-0.4, -0.2) is 16.7 Å². The Labute approximate surface area is 124 Å². The van der Waals surface area contributed by atoms with E-state index in [1.807, 2.05) is 0 Å². The maximum Gasteiger partial charge on any atom is 0.416 e. The van der Waals surface area contributed by atoms with Gasteiger partial charge in [0, 0.05) is 12.5 Å². The number of rotatable bonds is 3. The molecule has 2 aromatic rings. The van der Waals surface area contributed by atoms with Gasteiger partial charge in [0.1, 0.15) is 0 Å². The van der Waals surface area contributed by atoms with Crippen molar-refractivity contribution < 1.29 is 23.2 Å². The predicted molar refractivity (Wildman–Crippen MR) is 75.9 cm³/mol. The number of carbonyl (C=O) groups excluding carboxylic acids is 1. The van der Waals surface area contributed by atoms with E-state index < -0.39 is 17.5 Å². The van der Waals surface area contributed by atoms with Gasteiger partial charge in [-0.05, 0) is 23.3 Å². The molecule has 22 heavy (non-hydrogen) atoms. The smallest absolute Gasteiger partial charge is 0.410 e. The molecule has 0 aliphatic carbocycles. The summed E-state index contributed by atoms with van der Waals surface area (Å²) < 4.78 is 38.1. The minimum atomic E-state index is -4.40. The number of hydrogen-bond acceptors (Lipinski definition) is 3. The first-order chi connectivity index (χ1) is 10.3. The first-order valence-electron chi connectivity index (χ1n) is 6.34. The molecule has 2 aromatic carbocycles. The lowest BCUT2D eigenvalue weighted by Crippen LogP contribution is -2.11. The van der Waals surface area contributed by atoms with Crippen LogP contribution in [0.2, 0.25) is 0 Å². The number of alkyl halides is 3. The molecule has 6 heteroatoms. The average molecular weight is 307 g/mol. The summed E-state index contributed by atoms with van der Waals surface area (Å²) >= 11 is 0. The van der Waals surface area contributed by atoms with E-state index >= 15 is 0 Å². The molecule has 0 radical (unpaired) electrons. The Balaban J connectivity index is 2.38. The molecule has 0 spiro atoms.